The van der Waals surface area contributed by atoms with Crippen LogP contribution >= 0.6 is 11.8 Å². The normalized spacial score (nSPS) is 23.1. The predicted octanol–water partition coefficient (Wildman–Crippen LogP) is 3.51. The van der Waals surface area contributed by atoms with Crippen LogP contribution in [0.15, 0.2) is 23.4 Å². The Morgan fingerprint density at radius 1 is 1.40 bits per heavy atom. The van der Waals surface area contributed by atoms with Crippen molar-refractivity contribution in [3.8, 4) is 0 Å². The molecule has 1 aliphatic rings. The van der Waals surface area contributed by atoms with E-state index in [-0.39, 0.29) is 16.5 Å². The monoisotopic (exact) mass is 300 g/mol. The number of thioether (sulfide) groups is 1. The summed E-state index contributed by atoms with van der Waals surface area (Å²) in [6, 6.07) is 3.18. The van der Waals surface area contributed by atoms with Crippen LogP contribution in [0.1, 0.15) is 30.6 Å². The number of piperidine rings is 1. The van der Waals surface area contributed by atoms with Crippen LogP contribution in [-0.2, 0) is 0 Å². The van der Waals surface area contributed by atoms with Gasteiger partial charge in [-0.1, -0.05) is 13.8 Å². The van der Waals surface area contributed by atoms with Crippen molar-refractivity contribution in [1.82, 2.24) is 9.88 Å². The van der Waals surface area contributed by atoms with E-state index in [2.05, 4.69) is 18.8 Å². The van der Waals surface area contributed by atoms with Crippen LogP contribution in [0.25, 0.3) is 0 Å². The first-order valence-electron chi connectivity index (χ1n) is 6.66. The molecule has 1 fully saturated rings. The molecular weight excluding hydrogens is 282 g/mol. The van der Waals surface area contributed by atoms with Crippen molar-refractivity contribution in [1.29, 1.82) is 0 Å². The first kappa shape index (κ1) is 15.2. The maximum atomic E-state index is 12.5. The van der Waals surface area contributed by atoms with E-state index in [1.165, 1.54) is 6.20 Å². The molecule has 2 unspecified atom stereocenters. The van der Waals surface area contributed by atoms with Crippen molar-refractivity contribution in [3.63, 3.8) is 0 Å². The molecule has 20 heavy (non-hydrogen) atoms. The molecule has 2 atom stereocenters. The number of carbonyl (C=O) groups excluding carboxylic acids is 1. The molecule has 0 saturated carbocycles. The number of pyridine rings is 1. The van der Waals surface area contributed by atoms with Gasteiger partial charge >= 0.3 is 0 Å². The number of aromatic nitrogens is 1. The lowest BCUT2D eigenvalue weighted by molar-refractivity contribution is 0.0618. The Morgan fingerprint density at radius 3 is 2.65 bits per heavy atom. The van der Waals surface area contributed by atoms with Gasteiger partial charge in [0.05, 0.1) is 5.56 Å². The minimum absolute atomic E-state index is 0.110. The zero-order valence-electron chi connectivity index (χ0n) is 11.6. The van der Waals surface area contributed by atoms with Crippen molar-refractivity contribution in [3.05, 3.63) is 23.9 Å². The number of amides is 1. The highest BCUT2D eigenvalue weighted by Gasteiger charge is 2.28. The van der Waals surface area contributed by atoms with Crippen LogP contribution in [0.4, 0.5) is 8.78 Å². The van der Waals surface area contributed by atoms with E-state index in [1.54, 1.807) is 17.0 Å². The topological polar surface area (TPSA) is 33.2 Å². The Hall–Kier alpha value is -1.17. The van der Waals surface area contributed by atoms with E-state index in [9.17, 15) is 13.6 Å². The number of hydrogen-bond donors (Lipinski definition) is 0. The number of rotatable bonds is 3. The van der Waals surface area contributed by atoms with E-state index < -0.39 is 5.76 Å². The molecule has 1 aromatic heterocycles. The molecule has 0 radical (unpaired) electrons. The lowest BCUT2D eigenvalue weighted by Crippen LogP contribution is -2.42. The molecular formula is C14H18F2N2OS. The molecule has 1 aromatic rings. The van der Waals surface area contributed by atoms with Gasteiger partial charge < -0.3 is 4.90 Å². The van der Waals surface area contributed by atoms with E-state index in [0.717, 1.165) is 6.42 Å². The molecule has 2 rings (SSSR count). The van der Waals surface area contributed by atoms with Gasteiger partial charge in [-0.2, -0.15) is 8.78 Å². The van der Waals surface area contributed by atoms with Gasteiger partial charge in [0.2, 0.25) is 0 Å². The van der Waals surface area contributed by atoms with Crippen LogP contribution in [0.5, 0.6) is 0 Å². The van der Waals surface area contributed by atoms with Crippen LogP contribution in [0, 0.1) is 11.8 Å². The lowest BCUT2D eigenvalue weighted by atomic mass is 9.91. The van der Waals surface area contributed by atoms with Crippen LogP contribution in [0.2, 0.25) is 0 Å². The van der Waals surface area contributed by atoms with Crippen molar-refractivity contribution in [2.45, 2.75) is 31.1 Å². The van der Waals surface area contributed by atoms with Gasteiger partial charge in [-0.25, -0.2) is 4.98 Å². The molecule has 1 aliphatic heterocycles. The highest BCUT2D eigenvalue weighted by Crippen LogP contribution is 2.29. The maximum Gasteiger partial charge on any atom is 0.290 e. The fourth-order valence-electron chi connectivity index (χ4n) is 2.73. The van der Waals surface area contributed by atoms with Gasteiger partial charge in [0.15, 0.2) is 0 Å². The number of carbonyl (C=O) groups is 1. The molecule has 0 aromatic carbocycles. The summed E-state index contributed by atoms with van der Waals surface area (Å²) in [4.78, 5) is 18.2. The summed E-state index contributed by atoms with van der Waals surface area (Å²) in [7, 11) is 0. The molecule has 6 heteroatoms. The minimum atomic E-state index is -2.57. The summed E-state index contributed by atoms with van der Waals surface area (Å²) in [5.41, 5.74) is 0.277. The zero-order valence-corrected chi connectivity index (χ0v) is 12.4. The Kier molecular flexibility index (Phi) is 4.96. The highest BCUT2D eigenvalue weighted by atomic mass is 32.2. The van der Waals surface area contributed by atoms with Crippen LogP contribution < -0.4 is 0 Å². The molecule has 2 heterocycles. The first-order chi connectivity index (χ1) is 9.47. The Bertz CT molecular complexity index is 474. The highest BCUT2D eigenvalue weighted by molar-refractivity contribution is 7.99. The first-order valence-corrected chi connectivity index (χ1v) is 7.54. The minimum Gasteiger partial charge on any atom is -0.338 e. The van der Waals surface area contributed by atoms with Crippen LogP contribution in [-0.4, -0.2) is 34.6 Å². The number of nitrogens with zero attached hydrogens (tertiary/aromatic N) is 2. The third-order valence-electron chi connectivity index (χ3n) is 3.36. The van der Waals surface area contributed by atoms with Gasteiger partial charge in [-0.05, 0) is 42.2 Å². The van der Waals surface area contributed by atoms with Crippen molar-refractivity contribution in [2.24, 2.45) is 11.8 Å². The van der Waals surface area contributed by atoms with Gasteiger partial charge in [-0.15, -0.1) is 0 Å². The van der Waals surface area contributed by atoms with E-state index in [1.807, 2.05) is 0 Å². The molecule has 1 saturated heterocycles. The standard InChI is InChI=1S/C14H18F2N2OS/c1-9-6-10(2)8-18(7-9)13(19)11-4-3-5-17-12(11)20-14(15)16/h3-5,9-10,14H,6-8H2,1-2H3. The number of hydrogen-bond acceptors (Lipinski definition) is 3. The second-order valence-electron chi connectivity index (χ2n) is 5.39. The molecule has 1 amide bonds. The fourth-order valence-corrected chi connectivity index (χ4v) is 3.30. The van der Waals surface area contributed by atoms with Crippen molar-refractivity contribution >= 4 is 17.7 Å². The molecule has 0 N–H and O–H groups in total. The third kappa shape index (κ3) is 3.69. The summed E-state index contributed by atoms with van der Waals surface area (Å²) in [6.07, 6.45) is 2.53. The van der Waals surface area contributed by atoms with Gasteiger partial charge in [0, 0.05) is 19.3 Å². The third-order valence-corrected chi connectivity index (χ3v) is 4.09. The van der Waals surface area contributed by atoms with Crippen LogP contribution in [0.3, 0.4) is 0 Å². The largest absolute Gasteiger partial charge is 0.338 e. The smallest absolute Gasteiger partial charge is 0.290 e. The van der Waals surface area contributed by atoms with Crippen molar-refractivity contribution in [2.75, 3.05) is 13.1 Å². The Balaban J connectivity index is 2.20. The van der Waals surface area contributed by atoms with E-state index in [0.29, 0.717) is 36.7 Å². The maximum absolute atomic E-state index is 12.5. The zero-order chi connectivity index (χ0) is 14.7. The number of likely N-dealkylation sites (tertiary alicyclic amines) is 1. The summed E-state index contributed by atoms with van der Waals surface area (Å²) in [5, 5.41) is 0.110. The van der Waals surface area contributed by atoms with Gasteiger partial charge in [0.25, 0.3) is 11.7 Å². The second-order valence-corrected chi connectivity index (χ2v) is 6.37. The summed E-state index contributed by atoms with van der Waals surface area (Å²) < 4.78 is 25.1. The number of alkyl halides is 2. The molecule has 0 bridgehead atoms. The predicted molar refractivity (Wildman–Crippen MR) is 74.9 cm³/mol. The average Bonchev–Trinajstić information content (AvgIpc) is 2.36. The number of halogens is 2. The van der Waals surface area contributed by atoms with E-state index in [4.69, 9.17) is 0 Å². The molecule has 0 spiro atoms. The molecule has 0 aliphatic carbocycles. The SMILES string of the molecule is CC1CC(C)CN(C(=O)c2cccnc2SC(F)F)C1. The van der Waals surface area contributed by atoms with Gasteiger partial charge in [0.1, 0.15) is 5.03 Å². The molecule has 110 valence electrons. The summed E-state index contributed by atoms with van der Waals surface area (Å²) >= 11 is 0.327. The quantitative estimate of drug-likeness (QED) is 0.801. The van der Waals surface area contributed by atoms with Crippen molar-refractivity contribution < 1.29 is 13.6 Å². The molecule has 3 nitrogen and oxygen atoms in total. The summed E-state index contributed by atoms with van der Waals surface area (Å²) in [6.45, 7) is 5.57. The Morgan fingerprint density at radius 2 is 2.05 bits per heavy atom. The fraction of sp³-hybridized carbons (Fsp3) is 0.571. The Labute approximate surface area is 121 Å². The van der Waals surface area contributed by atoms with E-state index >= 15 is 0 Å². The van der Waals surface area contributed by atoms with Gasteiger partial charge in [-0.3, -0.25) is 4.79 Å². The average molecular weight is 300 g/mol. The lowest BCUT2D eigenvalue weighted by Gasteiger charge is -2.35. The second kappa shape index (κ2) is 6.52. The summed E-state index contributed by atoms with van der Waals surface area (Å²) in [5.74, 6) is -1.90.